The van der Waals surface area contributed by atoms with Crippen LogP contribution in [0, 0.1) is 23.7 Å². The van der Waals surface area contributed by atoms with Crippen LogP contribution < -0.4 is 0 Å². The Bertz CT molecular complexity index is 611. The Balaban J connectivity index is 2.39. The highest BCUT2D eigenvalue weighted by Gasteiger charge is 2.54. The molecule has 24 heavy (non-hydrogen) atoms. The van der Waals surface area contributed by atoms with Crippen molar-refractivity contribution in [3.63, 3.8) is 0 Å². The summed E-state index contributed by atoms with van der Waals surface area (Å²) in [6, 6.07) is 0. The Morgan fingerprint density at radius 3 is 2.50 bits per heavy atom. The summed E-state index contributed by atoms with van der Waals surface area (Å²) in [6.07, 6.45) is 2.31. The molecule has 0 saturated heterocycles. The van der Waals surface area contributed by atoms with E-state index in [0.717, 1.165) is 5.57 Å². The zero-order valence-corrected chi connectivity index (χ0v) is 15.2. The molecule has 0 aromatic rings. The number of esters is 1. The highest BCUT2D eigenvalue weighted by atomic mass is 16.6. The van der Waals surface area contributed by atoms with Crippen LogP contribution >= 0.6 is 0 Å². The Hall–Kier alpha value is -1.68. The van der Waals surface area contributed by atoms with Crippen LogP contribution in [0.1, 0.15) is 41.0 Å². The molecule has 0 unspecified atom stereocenters. The number of ketones is 1. The summed E-state index contributed by atoms with van der Waals surface area (Å²) in [4.78, 5) is 24.5. The van der Waals surface area contributed by atoms with Crippen molar-refractivity contribution >= 4 is 11.8 Å². The van der Waals surface area contributed by atoms with E-state index < -0.39 is 18.2 Å². The highest BCUT2D eigenvalue weighted by molar-refractivity contribution is 5.99. The number of allylic oxidation sites excluding steroid dienone is 3. The zero-order chi connectivity index (χ0) is 18.2. The molecule has 0 aromatic carbocycles. The van der Waals surface area contributed by atoms with Gasteiger partial charge in [-0.2, -0.15) is 0 Å². The van der Waals surface area contributed by atoms with Crippen LogP contribution in [0.4, 0.5) is 0 Å². The van der Waals surface area contributed by atoms with Crippen molar-refractivity contribution in [3.8, 4) is 0 Å². The molecule has 1 N–H and O–H groups in total. The number of Topliss-reactive ketones (excluding diaryl/α,β-unsaturated/α-hetero) is 1. The number of hydrogen-bond acceptors (Lipinski definition) is 4. The van der Waals surface area contributed by atoms with Crippen molar-refractivity contribution in [1.82, 2.24) is 0 Å². The Kier molecular flexibility index (Phi) is 5.49. The molecule has 0 heterocycles. The highest BCUT2D eigenvalue weighted by Crippen LogP contribution is 2.52. The van der Waals surface area contributed by atoms with Gasteiger partial charge in [0.1, 0.15) is 6.10 Å². The van der Waals surface area contributed by atoms with Gasteiger partial charge in [-0.05, 0) is 55.6 Å². The van der Waals surface area contributed by atoms with Gasteiger partial charge in [0.2, 0.25) is 0 Å². The van der Waals surface area contributed by atoms with Crippen LogP contribution in [0.25, 0.3) is 0 Å². The summed E-state index contributed by atoms with van der Waals surface area (Å²) in [7, 11) is 0. The van der Waals surface area contributed by atoms with Crippen LogP contribution in [-0.2, 0) is 14.3 Å². The number of carbonyl (C=O) groups excluding carboxylic acids is 2. The number of hydrogen-bond donors (Lipinski definition) is 1. The molecule has 2 fully saturated rings. The second-order valence-corrected chi connectivity index (χ2v) is 7.19. The minimum Gasteiger partial charge on any atom is -0.452 e. The monoisotopic (exact) mass is 332 g/mol. The van der Waals surface area contributed by atoms with E-state index in [-0.39, 0.29) is 29.5 Å². The van der Waals surface area contributed by atoms with E-state index in [4.69, 9.17) is 4.74 Å². The summed E-state index contributed by atoms with van der Waals surface area (Å²) < 4.78 is 5.57. The van der Waals surface area contributed by atoms with Crippen molar-refractivity contribution in [2.45, 2.75) is 53.2 Å². The molecule has 2 saturated carbocycles. The fourth-order valence-corrected chi connectivity index (χ4v) is 4.16. The SMILES string of the molecule is C=C1[C@@H]2CC(=O)/C(=C\C)[C@H]2[C@H](C(C)C)[C@H](O)[C@H]1OC(=O)/C(C)=C\C. The lowest BCUT2D eigenvalue weighted by atomic mass is 9.64. The van der Waals surface area contributed by atoms with Crippen LogP contribution in [0.3, 0.4) is 0 Å². The van der Waals surface area contributed by atoms with E-state index in [1.165, 1.54) is 0 Å². The van der Waals surface area contributed by atoms with Gasteiger partial charge in [0, 0.05) is 12.0 Å². The Labute approximate surface area is 144 Å². The van der Waals surface area contributed by atoms with Crippen molar-refractivity contribution in [2.24, 2.45) is 23.7 Å². The molecule has 0 radical (unpaired) electrons. The van der Waals surface area contributed by atoms with Crippen molar-refractivity contribution < 1.29 is 19.4 Å². The van der Waals surface area contributed by atoms with Crippen LogP contribution in [-0.4, -0.2) is 29.1 Å². The minimum absolute atomic E-state index is 0.0391. The van der Waals surface area contributed by atoms with Crippen molar-refractivity contribution in [1.29, 1.82) is 0 Å². The molecule has 0 amide bonds. The second kappa shape index (κ2) is 7.06. The first-order valence-electron chi connectivity index (χ1n) is 8.64. The van der Waals surface area contributed by atoms with Crippen molar-refractivity contribution in [3.05, 3.63) is 35.5 Å². The third-order valence-corrected chi connectivity index (χ3v) is 5.55. The molecule has 0 aliphatic heterocycles. The van der Waals surface area contributed by atoms with E-state index >= 15 is 0 Å². The standard InChI is InChI=1S/C20H28O4/c1-7-11(5)20(23)24-19-12(6)14-9-15(21)13(8-2)17(14)16(10(3)4)18(19)22/h7-8,10,14,16-19,22H,6,9H2,1-5H3/b11-7-,13-8+/t14-,16-,17+,18-,19-/m0/s1. The maximum absolute atomic E-state index is 12.4. The predicted octanol–water partition coefficient (Wildman–Crippen LogP) is 3.22. The number of rotatable bonds is 3. The molecule has 0 aromatic heterocycles. The first kappa shape index (κ1) is 18.7. The molecule has 0 spiro atoms. The van der Waals surface area contributed by atoms with Gasteiger partial charge >= 0.3 is 5.97 Å². The number of carbonyl (C=O) groups is 2. The number of aliphatic hydroxyl groups is 1. The summed E-state index contributed by atoms with van der Waals surface area (Å²) in [5, 5.41) is 10.9. The third-order valence-electron chi connectivity index (χ3n) is 5.55. The lowest BCUT2D eigenvalue weighted by Crippen LogP contribution is -2.50. The van der Waals surface area contributed by atoms with Gasteiger partial charge in [-0.25, -0.2) is 4.79 Å². The summed E-state index contributed by atoms with van der Waals surface area (Å²) in [6.45, 7) is 13.5. The maximum atomic E-state index is 12.4. The zero-order valence-electron chi connectivity index (χ0n) is 15.2. The summed E-state index contributed by atoms with van der Waals surface area (Å²) in [5.41, 5.74) is 1.94. The molecule has 0 bridgehead atoms. The van der Waals surface area contributed by atoms with Gasteiger partial charge in [-0.3, -0.25) is 4.79 Å². The molecule has 5 atom stereocenters. The molecule has 4 nitrogen and oxygen atoms in total. The van der Waals surface area contributed by atoms with Gasteiger partial charge in [0.05, 0.1) is 6.10 Å². The lowest BCUT2D eigenvalue weighted by molar-refractivity contribution is -0.155. The van der Waals surface area contributed by atoms with E-state index in [1.807, 2.05) is 26.8 Å². The Morgan fingerprint density at radius 2 is 2.00 bits per heavy atom. The molecular formula is C20H28O4. The lowest BCUT2D eigenvalue weighted by Gasteiger charge is -2.45. The number of aliphatic hydroxyl groups excluding tert-OH is 1. The van der Waals surface area contributed by atoms with Gasteiger partial charge in [-0.1, -0.05) is 32.6 Å². The molecule has 132 valence electrons. The topological polar surface area (TPSA) is 63.6 Å². The number of ether oxygens (including phenoxy) is 1. The van der Waals surface area contributed by atoms with E-state index in [2.05, 4.69) is 6.58 Å². The predicted molar refractivity (Wildman–Crippen MR) is 93.1 cm³/mol. The number of fused-ring (bicyclic) bond motifs is 1. The molecule has 2 aliphatic carbocycles. The average molecular weight is 332 g/mol. The third kappa shape index (κ3) is 3.00. The molecular weight excluding hydrogens is 304 g/mol. The molecule has 2 aliphatic rings. The second-order valence-electron chi connectivity index (χ2n) is 7.19. The van der Waals surface area contributed by atoms with Gasteiger partial charge in [0.15, 0.2) is 5.78 Å². The fraction of sp³-hybridized carbons (Fsp3) is 0.600. The van der Waals surface area contributed by atoms with E-state index in [0.29, 0.717) is 17.6 Å². The average Bonchev–Trinajstić information content (AvgIpc) is 2.86. The molecule has 4 heteroatoms. The van der Waals surface area contributed by atoms with E-state index in [1.54, 1.807) is 19.9 Å². The van der Waals surface area contributed by atoms with Crippen LogP contribution in [0.15, 0.2) is 35.5 Å². The maximum Gasteiger partial charge on any atom is 0.334 e. The van der Waals surface area contributed by atoms with Crippen molar-refractivity contribution in [2.75, 3.05) is 0 Å². The van der Waals surface area contributed by atoms with Gasteiger partial charge in [-0.15, -0.1) is 0 Å². The summed E-state index contributed by atoms with van der Waals surface area (Å²) in [5.74, 6) is -0.416. The Morgan fingerprint density at radius 1 is 1.38 bits per heavy atom. The smallest absolute Gasteiger partial charge is 0.334 e. The van der Waals surface area contributed by atoms with Gasteiger partial charge in [0.25, 0.3) is 0 Å². The van der Waals surface area contributed by atoms with Crippen LogP contribution in [0.5, 0.6) is 0 Å². The van der Waals surface area contributed by atoms with Crippen LogP contribution in [0.2, 0.25) is 0 Å². The van der Waals surface area contributed by atoms with Gasteiger partial charge < -0.3 is 9.84 Å². The largest absolute Gasteiger partial charge is 0.452 e. The fourth-order valence-electron chi connectivity index (χ4n) is 4.16. The molecule has 2 rings (SSSR count). The summed E-state index contributed by atoms with van der Waals surface area (Å²) >= 11 is 0. The first-order chi connectivity index (χ1) is 11.2. The first-order valence-corrected chi connectivity index (χ1v) is 8.64. The minimum atomic E-state index is -0.854. The normalized spacial score (nSPS) is 35.5. The van der Waals surface area contributed by atoms with E-state index in [9.17, 15) is 14.7 Å². The quantitative estimate of drug-likeness (QED) is 0.490.